The quantitative estimate of drug-likeness (QED) is 0.419. The van der Waals surface area contributed by atoms with Crippen LogP contribution in [-0.4, -0.2) is 12.6 Å². The van der Waals surface area contributed by atoms with Gasteiger partial charge in [-0.25, -0.2) is 5.43 Å². The fourth-order valence-corrected chi connectivity index (χ4v) is 0.835. The first kappa shape index (κ1) is 9.19. The average molecular weight is 174 g/mol. The van der Waals surface area contributed by atoms with Crippen molar-refractivity contribution in [3.05, 3.63) is 42.0 Å². The molecule has 0 unspecified atom stereocenters. The maximum absolute atomic E-state index is 9.79. The SMILES string of the molecule is O=CNN=CC=Cc1ccccc1. The highest BCUT2D eigenvalue weighted by Gasteiger charge is 1.79. The van der Waals surface area contributed by atoms with E-state index in [0.29, 0.717) is 6.41 Å². The van der Waals surface area contributed by atoms with Crippen LogP contribution in [0.15, 0.2) is 41.5 Å². The van der Waals surface area contributed by atoms with Gasteiger partial charge in [-0.3, -0.25) is 4.79 Å². The van der Waals surface area contributed by atoms with Crippen LogP contribution in [-0.2, 0) is 4.79 Å². The van der Waals surface area contributed by atoms with E-state index in [2.05, 4.69) is 10.5 Å². The molecule has 3 nitrogen and oxygen atoms in total. The number of allylic oxidation sites excluding steroid dienone is 1. The van der Waals surface area contributed by atoms with Crippen molar-refractivity contribution < 1.29 is 4.79 Å². The molecule has 0 aliphatic rings. The molecule has 0 aliphatic heterocycles. The predicted octanol–water partition coefficient (Wildman–Crippen LogP) is 1.43. The average Bonchev–Trinajstić information content (AvgIpc) is 2.19. The monoisotopic (exact) mass is 174 g/mol. The Bertz CT molecular complexity index is 304. The molecule has 0 spiro atoms. The lowest BCUT2D eigenvalue weighted by Crippen LogP contribution is -1.98. The third-order valence-electron chi connectivity index (χ3n) is 1.38. The molecule has 1 aromatic rings. The highest BCUT2D eigenvalue weighted by Crippen LogP contribution is 1.99. The maximum atomic E-state index is 9.79. The van der Waals surface area contributed by atoms with Gasteiger partial charge in [0.25, 0.3) is 0 Å². The number of nitrogens with one attached hydrogen (secondary N) is 1. The zero-order chi connectivity index (χ0) is 9.36. The van der Waals surface area contributed by atoms with Gasteiger partial charge in [0.2, 0.25) is 6.41 Å². The molecular formula is C10H10N2O. The molecule has 0 atom stereocenters. The number of benzene rings is 1. The summed E-state index contributed by atoms with van der Waals surface area (Å²) in [6.07, 6.45) is 5.69. The standard InChI is InChI=1S/C10H10N2O/c13-9-12-11-8-4-7-10-5-2-1-3-6-10/h1-9H,(H,12,13). The van der Waals surface area contributed by atoms with Crippen molar-refractivity contribution in [2.75, 3.05) is 0 Å². The summed E-state index contributed by atoms with van der Waals surface area (Å²) >= 11 is 0. The molecule has 1 rings (SSSR count). The molecular weight excluding hydrogens is 164 g/mol. The van der Waals surface area contributed by atoms with E-state index in [0.717, 1.165) is 5.56 Å². The van der Waals surface area contributed by atoms with E-state index < -0.39 is 0 Å². The van der Waals surface area contributed by atoms with E-state index in [-0.39, 0.29) is 0 Å². The lowest BCUT2D eigenvalue weighted by atomic mass is 10.2. The lowest BCUT2D eigenvalue weighted by molar-refractivity contribution is -0.109. The lowest BCUT2D eigenvalue weighted by Gasteiger charge is -1.88. The van der Waals surface area contributed by atoms with Crippen LogP contribution in [0.3, 0.4) is 0 Å². The smallest absolute Gasteiger partial charge is 0.227 e. The van der Waals surface area contributed by atoms with Crippen LogP contribution in [0.5, 0.6) is 0 Å². The van der Waals surface area contributed by atoms with Gasteiger partial charge in [-0.15, -0.1) is 0 Å². The summed E-state index contributed by atoms with van der Waals surface area (Å²) in [4.78, 5) is 9.79. The van der Waals surface area contributed by atoms with Crippen LogP contribution in [0.1, 0.15) is 5.56 Å². The van der Waals surface area contributed by atoms with E-state index in [1.807, 2.05) is 36.4 Å². The van der Waals surface area contributed by atoms with Gasteiger partial charge in [0.05, 0.1) is 0 Å². The summed E-state index contributed by atoms with van der Waals surface area (Å²) in [5.74, 6) is 0. The van der Waals surface area contributed by atoms with Crippen molar-refractivity contribution in [3.63, 3.8) is 0 Å². The topological polar surface area (TPSA) is 41.5 Å². The third kappa shape index (κ3) is 3.86. The van der Waals surface area contributed by atoms with Gasteiger partial charge in [0.15, 0.2) is 0 Å². The fraction of sp³-hybridized carbons (Fsp3) is 0. The van der Waals surface area contributed by atoms with Crippen molar-refractivity contribution in [1.29, 1.82) is 0 Å². The van der Waals surface area contributed by atoms with Gasteiger partial charge in [0, 0.05) is 6.21 Å². The molecule has 0 aliphatic carbocycles. The van der Waals surface area contributed by atoms with Crippen molar-refractivity contribution >= 4 is 18.7 Å². The van der Waals surface area contributed by atoms with Crippen molar-refractivity contribution in [2.45, 2.75) is 0 Å². The van der Waals surface area contributed by atoms with Crippen LogP contribution < -0.4 is 5.43 Å². The Morgan fingerprint density at radius 1 is 1.23 bits per heavy atom. The van der Waals surface area contributed by atoms with Gasteiger partial charge in [0.1, 0.15) is 0 Å². The Morgan fingerprint density at radius 2 is 2.00 bits per heavy atom. The van der Waals surface area contributed by atoms with Crippen molar-refractivity contribution in [1.82, 2.24) is 5.43 Å². The largest absolute Gasteiger partial charge is 0.277 e. The number of hydrogen-bond donors (Lipinski definition) is 1. The summed E-state index contributed by atoms with van der Waals surface area (Å²) in [6.45, 7) is 0. The summed E-state index contributed by atoms with van der Waals surface area (Å²) in [5, 5.41) is 3.58. The summed E-state index contributed by atoms with van der Waals surface area (Å²) in [6, 6.07) is 9.84. The molecule has 0 bridgehead atoms. The zero-order valence-electron chi connectivity index (χ0n) is 7.05. The third-order valence-corrected chi connectivity index (χ3v) is 1.38. The van der Waals surface area contributed by atoms with Crippen LogP contribution >= 0.6 is 0 Å². The van der Waals surface area contributed by atoms with Crippen LogP contribution in [0.4, 0.5) is 0 Å². The number of hydrogen-bond acceptors (Lipinski definition) is 2. The molecule has 0 radical (unpaired) electrons. The minimum atomic E-state index is 0.521. The second kappa shape index (κ2) is 5.71. The number of rotatable bonds is 4. The molecule has 13 heavy (non-hydrogen) atoms. The Balaban J connectivity index is 2.45. The van der Waals surface area contributed by atoms with Crippen LogP contribution in [0.2, 0.25) is 0 Å². The van der Waals surface area contributed by atoms with E-state index in [4.69, 9.17) is 0 Å². The Hall–Kier alpha value is -1.90. The molecule has 66 valence electrons. The number of carbonyl (C=O) groups excluding carboxylic acids is 1. The minimum Gasteiger partial charge on any atom is -0.277 e. The first-order valence-corrected chi connectivity index (χ1v) is 3.87. The Morgan fingerprint density at radius 3 is 2.69 bits per heavy atom. The highest BCUT2D eigenvalue weighted by molar-refractivity contribution is 5.78. The van der Waals surface area contributed by atoms with E-state index in [9.17, 15) is 4.79 Å². The minimum absolute atomic E-state index is 0.521. The van der Waals surface area contributed by atoms with Gasteiger partial charge in [-0.2, -0.15) is 5.10 Å². The van der Waals surface area contributed by atoms with E-state index in [1.54, 1.807) is 6.08 Å². The summed E-state index contributed by atoms with van der Waals surface area (Å²) < 4.78 is 0. The molecule has 0 aromatic heterocycles. The number of hydrazone groups is 1. The van der Waals surface area contributed by atoms with Gasteiger partial charge in [-0.1, -0.05) is 36.4 Å². The summed E-state index contributed by atoms with van der Waals surface area (Å²) in [5.41, 5.74) is 3.27. The van der Waals surface area contributed by atoms with Gasteiger partial charge >= 0.3 is 0 Å². The Labute approximate surface area is 76.8 Å². The first-order chi connectivity index (χ1) is 6.43. The number of nitrogens with zero attached hydrogens (tertiary/aromatic N) is 1. The van der Waals surface area contributed by atoms with Crippen LogP contribution in [0.25, 0.3) is 6.08 Å². The van der Waals surface area contributed by atoms with Crippen LogP contribution in [0, 0.1) is 0 Å². The van der Waals surface area contributed by atoms with E-state index >= 15 is 0 Å². The molecule has 0 saturated heterocycles. The molecule has 3 heteroatoms. The van der Waals surface area contributed by atoms with Crippen molar-refractivity contribution in [3.8, 4) is 0 Å². The molecule has 0 fully saturated rings. The molecule has 1 amide bonds. The normalized spacial score (nSPS) is 10.8. The fourth-order valence-electron chi connectivity index (χ4n) is 0.835. The first-order valence-electron chi connectivity index (χ1n) is 3.87. The second-order valence-electron chi connectivity index (χ2n) is 2.29. The number of amides is 1. The molecule has 1 aromatic carbocycles. The predicted molar refractivity (Wildman–Crippen MR) is 53.2 cm³/mol. The number of carbonyl (C=O) groups is 1. The van der Waals surface area contributed by atoms with Gasteiger partial charge < -0.3 is 0 Å². The highest BCUT2D eigenvalue weighted by atomic mass is 16.1. The van der Waals surface area contributed by atoms with Gasteiger partial charge in [-0.05, 0) is 11.6 Å². The summed E-state index contributed by atoms with van der Waals surface area (Å²) in [7, 11) is 0. The maximum Gasteiger partial charge on any atom is 0.227 e. The zero-order valence-corrected chi connectivity index (χ0v) is 7.05. The molecule has 1 N–H and O–H groups in total. The van der Waals surface area contributed by atoms with E-state index in [1.165, 1.54) is 6.21 Å². The van der Waals surface area contributed by atoms with Crippen molar-refractivity contribution in [2.24, 2.45) is 5.10 Å². The second-order valence-corrected chi connectivity index (χ2v) is 2.29. The molecule has 0 saturated carbocycles. The molecule has 0 heterocycles. The Kier molecular flexibility index (Phi) is 4.04.